The number of hydrogen-bond acceptors (Lipinski definition) is 3. The van der Waals surface area contributed by atoms with E-state index in [-0.39, 0.29) is 6.61 Å². The van der Waals surface area contributed by atoms with Crippen molar-refractivity contribution in [2.24, 2.45) is 0 Å². The molecule has 0 saturated heterocycles. The van der Waals surface area contributed by atoms with Gasteiger partial charge in [-0.2, -0.15) is 11.8 Å². The fraction of sp³-hybridized carbons (Fsp3) is 0.625. The van der Waals surface area contributed by atoms with Gasteiger partial charge in [0.25, 0.3) is 0 Å². The summed E-state index contributed by atoms with van der Waals surface area (Å²) in [5.74, 6) is 0.675. The Hall–Kier alpha value is -0.510. The van der Waals surface area contributed by atoms with Crippen LogP contribution in [-0.4, -0.2) is 35.3 Å². The van der Waals surface area contributed by atoms with Gasteiger partial charge in [0.2, 0.25) is 0 Å². The van der Waals surface area contributed by atoms with Crippen molar-refractivity contribution < 1.29 is 5.11 Å². The minimum atomic E-state index is 0.271. The lowest BCUT2D eigenvalue weighted by Crippen LogP contribution is -2.41. The van der Waals surface area contributed by atoms with Crippen LogP contribution in [0.5, 0.6) is 0 Å². The summed E-state index contributed by atoms with van der Waals surface area (Å²) < 4.78 is 0. The van der Waals surface area contributed by atoms with E-state index in [1.807, 2.05) is 11.8 Å². The Kier molecular flexibility index (Phi) is 5.74. The summed E-state index contributed by atoms with van der Waals surface area (Å²) >= 11 is 1.94. The van der Waals surface area contributed by atoms with Crippen LogP contribution in [0.25, 0.3) is 0 Å². The molecule has 19 heavy (non-hydrogen) atoms. The molecule has 0 heterocycles. The fourth-order valence-electron chi connectivity index (χ4n) is 2.98. The molecule has 2 nitrogen and oxygen atoms in total. The summed E-state index contributed by atoms with van der Waals surface area (Å²) in [4.78, 5) is 0. The molecule has 0 aliphatic heterocycles. The van der Waals surface area contributed by atoms with E-state index in [9.17, 15) is 5.11 Å². The molecule has 2 rings (SSSR count). The van der Waals surface area contributed by atoms with Gasteiger partial charge in [-0.25, -0.2) is 0 Å². The van der Waals surface area contributed by atoms with Gasteiger partial charge in [-0.05, 0) is 37.8 Å². The third kappa shape index (κ3) is 3.98. The van der Waals surface area contributed by atoms with Crippen LogP contribution in [-0.2, 0) is 0 Å². The van der Waals surface area contributed by atoms with E-state index >= 15 is 0 Å². The van der Waals surface area contributed by atoms with Crippen LogP contribution in [0.1, 0.15) is 37.7 Å². The standard InChI is InChI=1S/C16H25NOS/c1-12(11-18)19-16-10-14(8-9-15(16)17-2)13-6-4-3-5-7-13/h3-7,12,14-18H,8-11H2,1-2H3. The Morgan fingerprint density at radius 2 is 2.05 bits per heavy atom. The van der Waals surface area contributed by atoms with Crippen LogP contribution >= 0.6 is 11.8 Å². The predicted octanol–water partition coefficient (Wildman–Crippen LogP) is 3.02. The van der Waals surface area contributed by atoms with Crippen molar-refractivity contribution in [1.29, 1.82) is 0 Å². The minimum Gasteiger partial charge on any atom is -0.395 e. The highest BCUT2D eigenvalue weighted by Crippen LogP contribution is 2.39. The molecule has 3 heteroatoms. The molecule has 0 spiro atoms. The molecule has 1 fully saturated rings. The molecular weight excluding hydrogens is 254 g/mol. The monoisotopic (exact) mass is 279 g/mol. The van der Waals surface area contributed by atoms with Gasteiger partial charge in [0.1, 0.15) is 0 Å². The topological polar surface area (TPSA) is 32.3 Å². The molecule has 1 aromatic rings. The molecular formula is C16H25NOS. The largest absolute Gasteiger partial charge is 0.395 e. The first kappa shape index (κ1) is 14.9. The summed E-state index contributed by atoms with van der Waals surface area (Å²) in [5, 5.41) is 13.7. The Balaban J connectivity index is 2.03. The van der Waals surface area contributed by atoms with Crippen molar-refractivity contribution in [3.8, 4) is 0 Å². The summed E-state index contributed by atoms with van der Waals surface area (Å²) in [6.07, 6.45) is 3.70. The fourth-order valence-corrected chi connectivity index (χ4v) is 4.47. The Morgan fingerprint density at radius 3 is 2.68 bits per heavy atom. The smallest absolute Gasteiger partial charge is 0.0547 e. The first-order valence-corrected chi connectivity index (χ1v) is 8.17. The summed E-state index contributed by atoms with van der Waals surface area (Å²) in [7, 11) is 2.06. The van der Waals surface area contributed by atoms with Gasteiger partial charge in [-0.3, -0.25) is 0 Å². The van der Waals surface area contributed by atoms with Crippen molar-refractivity contribution >= 4 is 11.8 Å². The maximum Gasteiger partial charge on any atom is 0.0547 e. The maximum atomic E-state index is 9.27. The Morgan fingerprint density at radius 1 is 1.32 bits per heavy atom. The number of aliphatic hydroxyl groups is 1. The van der Waals surface area contributed by atoms with E-state index < -0.39 is 0 Å². The highest BCUT2D eigenvalue weighted by molar-refractivity contribution is 8.00. The molecule has 1 aliphatic carbocycles. The SMILES string of the molecule is CNC1CCC(c2ccccc2)CC1SC(C)CO. The second-order valence-corrected chi connectivity index (χ2v) is 7.17. The van der Waals surface area contributed by atoms with Crippen molar-refractivity contribution in [2.45, 2.75) is 48.6 Å². The third-order valence-corrected chi connectivity index (χ3v) is 5.58. The normalized spacial score (nSPS) is 29.1. The van der Waals surface area contributed by atoms with Gasteiger partial charge < -0.3 is 10.4 Å². The minimum absolute atomic E-state index is 0.271. The van der Waals surface area contributed by atoms with Crippen LogP contribution in [0.3, 0.4) is 0 Å². The van der Waals surface area contributed by atoms with Crippen molar-refractivity contribution in [3.63, 3.8) is 0 Å². The van der Waals surface area contributed by atoms with E-state index in [1.54, 1.807) is 0 Å². The number of thioether (sulfide) groups is 1. The van der Waals surface area contributed by atoms with Gasteiger partial charge in [-0.15, -0.1) is 0 Å². The summed E-state index contributed by atoms with van der Waals surface area (Å²) in [5.41, 5.74) is 1.47. The highest BCUT2D eigenvalue weighted by Gasteiger charge is 2.31. The Labute approximate surface area is 121 Å². The zero-order valence-electron chi connectivity index (χ0n) is 11.9. The molecule has 1 saturated carbocycles. The van der Waals surface area contributed by atoms with Gasteiger partial charge >= 0.3 is 0 Å². The molecule has 4 atom stereocenters. The highest BCUT2D eigenvalue weighted by atomic mass is 32.2. The lowest BCUT2D eigenvalue weighted by Gasteiger charge is -2.37. The zero-order valence-corrected chi connectivity index (χ0v) is 12.7. The number of aliphatic hydroxyl groups excluding tert-OH is 1. The molecule has 1 aromatic carbocycles. The van der Waals surface area contributed by atoms with E-state index in [0.717, 1.165) is 0 Å². The Bertz CT molecular complexity index is 370. The molecule has 2 N–H and O–H groups in total. The average Bonchev–Trinajstić information content (AvgIpc) is 2.48. The first-order chi connectivity index (χ1) is 9.24. The molecule has 1 aliphatic rings. The maximum absolute atomic E-state index is 9.27. The van der Waals surface area contributed by atoms with E-state index in [4.69, 9.17) is 0 Å². The van der Waals surface area contributed by atoms with Crippen molar-refractivity contribution in [3.05, 3.63) is 35.9 Å². The van der Waals surface area contributed by atoms with E-state index in [1.165, 1.54) is 24.8 Å². The van der Waals surface area contributed by atoms with Crippen LogP contribution < -0.4 is 5.32 Å². The van der Waals surface area contributed by atoms with Gasteiger partial charge in [0.15, 0.2) is 0 Å². The lowest BCUT2D eigenvalue weighted by atomic mass is 9.81. The second-order valence-electron chi connectivity index (χ2n) is 5.48. The van der Waals surface area contributed by atoms with Gasteiger partial charge in [-0.1, -0.05) is 37.3 Å². The summed E-state index contributed by atoms with van der Waals surface area (Å²) in [6.45, 7) is 2.39. The van der Waals surface area contributed by atoms with Crippen LogP contribution in [0, 0.1) is 0 Å². The quantitative estimate of drug-likeness (QED) is 0.869. The molecule has 0 radical (unpaired) electrons. The lowest BCUT2D eigenvalue weighted by molar-refractivity contribution is 0.298. The number of rotatable bonds is 5. The third-order valence-electron chi connectivity index (χ3n) is 4.10. The molecule has 4 unspecified atom stereocenters. The first-order valence-electron chi connectivity index (χ1n) is 7.23. The summed E-state index contributed by atoms with van der Waals surface area (Å²) in [6, 6.07) is 11.4. The van der Waals surface area contributed by atoms with Crippen molar-refractivity contribution in [1.82, 2.24) is 5.32 Å². The van der Waals surface area contributed by atoms with E-state index in [2.05, 4.69) is 49.6 Å². The number of nitrogens with one attached hydrogen (secondary N) is 1. The average molecular weight is 279 g/mol. The molecule has 0 aromatic heterocycles. The van der Waals surface area contributed by atoms with Crippen LogP contribution in [0.15, 0.2) is 30.3 Å². The number of hydrogen-bond donors (Lipinski definition) is 2. The molecule has 0 amide bonds. The zero-order chi connectivity index (χ0) is 13.7. The molecule has 0 bridgehead atoms. The molecule has 106 valence electrons. The van der Waals surface area contributed by atoms with E-state index in [0.29, 0.717) is 22.5 Å². The predicted molar refractivity (Wildman–Crippen MR) is 83.8 cm³/mol. The second kappa shape index (κ2) is 7.32. The van der Waals surface area contributed by atoms with Crippen molar-refractivity contribution in [2.75, 3.05) is 13.7 Å². The van der Waals surface area contributed by atoms with Gasteiger partial charge in [0, 0.05) is 16.5 Å². The van der Waals surface area contributed by atoms with Crippen LogP contribution in [0.4, 0.5) is 0 Å². The van der Waals surface area contributed by atoms with Crippen LogP contribution in [0.2, 0.25) is 0 Å². The number of benzene rings is 1. The van der Waals surface area contributed by atoms with Gasteiger partial charge in [0.05, 0.1) is 6.61 Å².